The molecule has 0 saturated carbocycles. The number of rotatable bonds is 4. The molecule has 0 atom stereocenters. The van der Waals surface area contributed by atoms with E-state index >= 15 is 0 Å². The van der Waals surface area contributed by atoms with Gasteiger partial charge in [-0.25, -0.2) is 4.98 Å². The van der Waals surface area contributed by atoms with Gasteiger partial charge in [0.2, 0.25) is 0 Å². The van der Waals surface area contributed by atoms with E-state index in [1.54, 1.807) is 20.4 Å². The van der Waals surface area contributed by atoms with Gasteiger partial charge in [-0.2, -0.15) is 0 Å². The van der Waals surface area contributed by atoms with Crippen LogP contribution < -0.4 is 5.32 Å². The summed E-state index contributed by atoms with van der Waals surface area (Å²) in [6, 6.07) is 0.486. The normalized spacial score (nSPS) is 17.4. The molecule has 5 nitrogen and oxygen atoms in total. The molecule has 1 N–H and O–H groups in total. The van der Waals surface area contributed by atoms with E-state index in [2.05, 4.69) is 14.9 Å². The molecule has 2 rings (SSSR count). The predicted octanol–water partition coefficient (Wildman–Crippen LogP) is 0.319. The van der Waals surface area contributed by atoms with E-state index in [0.717, 1.165) is 18.8 Å². The molecule has 1 aliphatic rings. The van der Waals surface area contributed by atoms with Crippen molar-refractivity contribution < 1.29 is 9.47 Å². The van der Waals surface area contributed by atoms with Gasteiger partial charge in [0.05, 0.1) is 24.3 Å². The van der Waals surface area contributed by atoms with E-state index in [-0.39, 0.29) is 6.29 Å². The van der Waals surface area contributed by atoms with Crippen LogP contribution in [0.1, 0.15) is 18.0 Å². The van der Waals surface area contributed by atoms with Crippen molar-refractivity contribution in [3.63, 3.8) is 0 Å². The maximum Gasteiger partial charge on any atom is 0.200 e. The highest BCUT2D eigenvalue weighted by Gasteiger charge is 2.24. The highest BCUT2D eigenvalue weighted by atomic mass is 16.7. The van der Waals surface area contributed by atoms with Crippen LogP contribution in [0.25, 0.3) is 0 Å². The number of nitrogens with zero attached hydrogens (tertiary/aromatic N) is 2. The number of methoxy groups -OCH3 is 2. The summed E-state index contributed by atoms with van der Waals surface area (Å²) in [5, 5.41) is 3.22. The zero-order valence-corrected chi connectivity index (χ0v) is 8.43. The number of hydrogen-bond acceptors (Lipinski definition) is 4. The molecule has 14 heavy (non-hydrogen) atoms. The van der Waals surface area contributed by atoms with Crippen molar-refractivity contribution in [2.24, 2.45) is 0 Å². The smallest absolute Gasteiger partial charge is 0.200 e. The first-order valence-corrected chi connectivity index (χ1v) is 4.65. The van der Waals surface area contributed by atoms with Crippen molar-refractivity contribution in [3.05, 3.63) is 18.2 Å². The van der Waals surface area contributed by atoms with Crippen LogP contribution in [0.3, 0.4) is 0 Å². The second-order valence-corrected chi connectivity index (χ2v) is 3.34. The standard InChI is InChI=1S/C9H15N3O2/c1-13-9(14-2)8-5-11-6-12(8)7-3-10-4-7/h5-7,9-10H,3-4H2,1-2H3. The second kappa shape index (κ2) is 4.08. The minimum Gasteiger partial charge on any atom is -0.350 e. The second-order valence-electron chi connectivity index (χ2n) is 3.34. The lowest BCUT2D eigenvalue weighted by molar-refractivity contribution is -0.111. The van der Waals surface area contributed by atoms with Crippen LogP contribution >= 0.6 is 0 Å². The fourth-order valence-corrected chi connectivity index (χ4v) is 1.61. The van der Waals surface area contributed by atoms with Gasteiger partial charge in [-0.15, -0.1) is 0 Å². The average Bonchev–Trinajstić information content (AvgIpc) is 2.53. The Balaban J connectivity index is 2.19. The Kier molecular flexibility index (Phi) is 2.81. The lowest BCUT2D eigenvalue weighted by atomic mass is 10.2. The minimum absolute atomic E-state index is 0.321. The summed E-state index contributed by atoms with van der Waals surface area (Å²) in [4.78, 5) is 4.12. The first-order chi connectivity index (χ1) is 6.86. The molecule has 0 bridgehead atoms. The lowest BCUT2D eigenvalue weighted by Gasteiger charge is -2.30. The van der Waals surface area contributed by atoms with Crippen LogP contribution in [-0.2, 0) is 9.47 Å². The highest BCUT2D eigenvalue weighted by Crippen LogP contribution is 2.22. The maximum atomic E-state index is 5.20. The van der Waals surface area contributed by atoms with Gasteiger partial charge in [-0.05, 0) is 0 Å². The number of ether oxygens (including phenoxy) is 2. The fourth-order valence-electron chi connectivity index (χ4n) is 1.61. The van der Waals surface area contributed by atoms with Gasteiger partial charge in [0.15, 0.2) is 6.29 Å². The fraction of sp³-hybridized carbons (Fsp3) is 0.667. The third-order valence-corrected chi connectivity index (χ3v) is 2.52. The van der Waals surface area contributed by atoms with E-state index < -0.39 is 0 Å². The van der Waals surface area contributed by atoms with Gasteiger partial charge in [-0.1, -0.05) is 0 Å². The van der Waals surface area contributed by atoms with Crippen LogP contribution in [0, 0.1) is 0 Å². The largest absolute Gasteiger partial charge is 0.350 e. The van der Waals surface area contributed by atoms with Crippen molar-refractivity contribution >= 4 is 0 Å². The Morgan fingerprint density at radius 1 is 1.50 bits per heavy atom. The summed E-state index contributed by atoms with van der Waals surface area (Å²) in [5.74, 6) is 0. The van der Waals surface area contributed by atoms with E-state index in [1.165, 1.54) is 0 Å². The molecular formula is C9H15N3O2. The Morgan fingerprint density at radius 3 is 2.71 bits per heavy atom. The quantitative estimate of drug-likeness (QED) is 0.706. The molecule has 1 fully saturated rings. The van der Waals surface area contributed by atoms with Gasteiger partial charge in [-0.3, -0.25) is 0 Å². The molecule has 1 aromatic rings. The Morgan fingerprint density at radius 2 is 2.21 bits per heavy atom. The molecule has 1 saturated heterocycles. The average molecular weight is 197 g/mol. The third-order valence-electron chi connectivity index (χ3n) is 2.52. The summed E-state index contributed by atoms with van der Waals surface area (Å²) in [7, 11) is 3.26. The molecule has 1 aliphatic heterocycles. The molecule has 0 spiro atoms. The van der Waals surface area contributed by atoms with Crippen molar-refractivity contribution in [2.45, 2.75) is 12.3 Å². The molecule has 1 aromatic heterocycles. The zero-order valence-electron chi connectivity index (χ0n) is 8.43. The summed E-state index contributed by atoms with van der Waals surface area (Å²) in [5.41, 5.74) is 0.974. The molecule has 0 radical (unpaired) electrons. The molecule has 0 aromatic carbocycles. The first-order valence-electron chi connectivity index (χ1n) is 4.65. The topological polar surface area (TPSA) is 48.3 Å². The molecule has 0 aliphatic carbocycles. The van der Waals surface area contributed by atoms with E-state index in [9.17, 15) is 0 Å². The van der Waals surface area contributed by atoms with Crippen LogP contribution in [0.5, 0.6) is 0 Å². The number of hydrogen-bond donors (Lipinski definition) is 1. The highest BCUT2D eigenvalue weighted by molar-refractivity contribution is 5.04. The zero-order chi connectivity index (χ0) is 9.97. The van der Waals surface area contributed by atoms with Crippen molar-refractivity contribution in [2.75, 3.05) is 27.3 Å². The van der Waals surface area contributed by atoms with E-state index in [4.69, 9.17) is 9.47 Å². The van der Waals surface area contributed by atoms with Crippen molar-refractivity contribution in [1.29, 1.82) is 0 Å². The summed E-state index contributed by atoms with van der Waals surface area (Å²) < 4.78 is 12.5. The van der Waals surface area contributed by atoms with Crippen LogP contribution in [0.2, 0.25) is 0 Å². The number of nitrogens with one attached hydrogen (secondary N) is 1. The molecule has 5 heteroatoms. The third kappa shape index (κ3) is 1.54. The van der Waals surface area contributed by atoms with Gasteiger partial charge in [0, 0.05) is 27.3 Å². The number of imidazole rings is 1. The monoisotopic (exact) mass is 197 g/mol. The maximum absolute atomic E-state index is 5.20. The van der Waals surface area contributed by atoms with Gasteiger partial charge < -0.3 is 19.4 Å². The SMILES string of the molecule is COC(OC)c1cncn1C1CNC1. The van der Waals surface area contributed by atoms with Crippen molar-refractivity contribution in [3.8, 4) is 0 Å². The molecule has 0 amide bonds. The van der Waals surface area contributed by atoms with Crippen LogP contribution in [0.15, 0.2) is 12.5 Å². The minimum atomic E-state index is -0.321. The Labute approximate surface area is 83.0 Å². The Bertz CT molecular complexity index is 292. The number of aromatic nitrogens is 2. The Hall–Kier alpha value is -0.910. The molecule has 0 unspecified atom stereocenters. The summed E-state index contributed by atoms with van der Waals surface area (Å²) >= 11 is 0. The lowest BCUT2D eigenvalue weighted by Crippen LogP contribution is -2.43. The van der Waals surface area contributed by atoms with Crippen LogP contribution in [-0.4, -0.2) is 36.9 Å². The first kappa shape index (κ1) is 9.64. The molecule has 78 valence electrons. The predicted molar refractivity (Wildman–Crippen MR) is 50.9 cm³/mol. The van der Waals surface area contributed by atoms with Crippen LogP contribution in [0.4, 0.5) is 0 Å². The van der Waals surface area contributed by atoms with E-state index in [0.29, 0.717) is 6.04 Å². The van der Waals surface area contributed by atoms with Crippen molar-refractivity contribution in [1.82, 2.24) is 14.9 Å². The molecule has 2 heterocycles. The van der Waals surface area contributed by atoms with Gasteiger partial charge in [0.1, 0.15) is 0 Å². The van der Waals surface area contributed by atoms with Gasteiger partial charge >= 0.3 is 0 Å². The summed E-state index contributed by atoms with van der Waals surface area (Å²) in [6.07, 6.45) is 3.29. The van der Waals surface area contributed by atoms with E-state index in [1.807, 2.05) is 6.33 Å². The van der Waals surface area contributed by atoms with Gasteiger partial charge in [0.25, 0.3) is 0 Å². The summed E-state index contributed by atoms with van der Waals surface area (Å²) in [6.45, 7) is 1.98. The molecular weight excluding hydrogens is 182 g/mol.